The molecule has 2 heterocycles. The minimum atomic E-state index is -0.181. The van der Waals surface area contributed by atoms with E-state index in [9.17, 15) is 4.39 Å². The van der Waals surface area contributed by atoms with Gasteiger partial charge in [-0.15, -0.1) is 0 Å². The average Bonchev–Trinajstić information content (AvgIpc) is 3.07. The molecular formula is C17H21FN2O. The number of hydrogen-bond acceptors (Lipinski definition) is 3. The summed E-state index contributed by atoms with van der Waals surface area (Å²) in [6.45, 7) is 6.03. The van der Waals surface area contributed by atoms with Crippen LogP contribution < -0.4 is 0 Å². The lowest BCUT2D eigenvalue weighted by molar-refractivity contribution is 0.245. The molecule has 0 N–H and O–H groups in total. The van der Waals surface area contributed by atoms with E-state index in [1.807, 2.05) is 19.1 Å². The molecule has 21 heavy (non-hydrogen) atoms. The fourth-order valence-corrected chi connectivity index (χ4v) is 3.27. The SMILES string of the molecule is CCc1onc(C)c1[C@@H]1CCCN1Cc1ccc(F)cc1. The maximum absolute atomic E-state index is 13.0. The van der Waals surface area contributed by atoms with Gasteiger partial charge in [0.25, 0.3) is 0 Å². The summed E-state index contributed by atoms with van der Waals surface area (Å²) in [5.74, 6) is 0.823. The zero-order valence-corrected chi connectivity index (χ0v) is 12.6. The number of nitrogens with zero attached hydrogens (tertiary/aromatic N) is 2. The number of hydrogen-bond donors (Lipinski definition) is 0. The van der Waals surface area contributed by atoms with Crippen molar-refractivity contribution in [1.82, 2.24) is 10.1 Å². The molecule has 0 spiro atoms. The number of rotatable bonds is 4. The first-order valence-corrected chi connectivity index (χ1v) is 7.62. The lowest BCUT2D eigenvalue weighted by Gasteiger charge is -2.24. The van der Waals surface area contributed by atoms with Crippen LogP contribution in [0.4, 0.5) is 4.39 Å². The molecule has 4 heteroatoms. The van der Waals surface area contributed by atoms with E-state index in [1.165, 1.54) is 24.1 Å². The molecule has 1 aromatic carbocycles. The molecule has 0 amide bonds. The van der Waals surface area contributed by atoms with Gasteiger partial charge >= 0.3 is 0 Å². The maximum atomic E-state index is 13.0. The van der Waals surface area contributed by atoms with Crippen LogP contribution in [0.5, 0.6) is 0 Å². The van der Waals surface area contributed by atoms with Crippen molar-refractivity contribution in [3.05, 3.63) is 52.7 Å². The minimum Gasteiger partial charge on any atom is -0.361 e. The van der Waals surface area contributed by atoms with E-state index in [2.05, 4.69) is 17.0 Å². The molecule has 1 aliphatic heterocycles. The van der Waals surface area contributed by atoms with Gasteiger partial charge < -0.3 is 4.52 Å². The molecule has 1 aromatic heterocycles. The van der Waals surface area contributed by atoms with Gasteiger partial charge in [-0.2, -0.15) is 0 Å². The van der Waals surface area contributed by atoms with E-state index >= 15 is 0 Å². The van der Waals surface area contributed by atoms with Crippen LogP contribution in [0.2, 0.25) is 0 Å². The Morgan fingerprint density at radius 2 is 2.10 bits per heavy atom. The molecule has 0 unspecified atom stereocenters. The molecule has 3 nitrogen and oxygen atoms in total. The molecule has 0 radical (unpaired) electrons. The van der Waals surface area contributed by atoms with E-state index in [1.54, 1.807) is 0 Å². The largest absolute Gasteiger partial charge is 0.361 e. The standard InChI is InChI=1S/C17H21FN2O/c1-3-16-17(12(2)19-21-16)15-5-4-10-20(15)11-13-6-8-14(18)9-7-13/h6-9,15H,3-5,10-11H2,1-2H3/t15-/m0/s1. The minimum absolute atomic E-state index is 0.181. The third-order valence-corrected chi connectivity index (χ3v) is 4.30. The molecule has 3 rings (SSSR count). The Balaban J connectivity index is 1.82. The Hall–Kier alpha value is -1.68. The Bertz CT molecular complexity index is 606. The van der Waals surface area contributed by atoms with Gasteiger partial charge in [0.1, 0.15) is 11.6 Å². The predicted octanol–water partition coefficient (Wildman–Crippen LogP) is 4.02. The van der Waals surface area contributed by atoms with Crippen LogP contribution in [0.1, 0.15) is 48.4 Å². The van der Waals surface area contributed by atoms with Crippen LogP contribution in [-0.4, -0.2) is 16.6 Å². The van der Waals surface area contributed by atoms with Gasteiger partial charge in [-0.1, -0.05) is 24.2 Å². The molecule has 1 atom stereocenters. The molecule has 1 aliphatic rings. The highest BCUT2D eigenvalue weighted by atomic mass is 19.1. The molecule has 0 aliphatic carbocycles. The normalized spacial score (nSPS) is 19.3. The number of aromatic nitrogens is 1. The molecule has 0 saturated carbocycles. The zero-order valence-electron chi connectivity index (χ0n) is 12.6. The van der Waals surface area contributed by atoms with Crippen molar-refractivity contribution in [3.8, 4) is 0 Å². The Morgan fingerprint density at radius 1 is 1.33 bits per heavy atom. The van der Waals surface area contributed by atoms with Crippen molar-refractivity contribution in [3.63, 3.8) is 0 Å². The van der Waals surface area contributed by atoms with Gasteiger partial charge in [-0.05, 0) is 44.0 Å². The molecular weight excluding hydrogens is 267 g/mol. The van der Waals surface area contributed by atoms with E-state index in [0.29, 0.717) is 6.04 Å². The molecule has 112 valence electrons. The van der Waals surface area contributed by atoms with E-state index in [-0.39, 0.29) is 5.82 Å². The monoisotopic (exact) mass is 288 g/mol. The Morgan fingerprint density at radius 3 is 2.81 bits per heavy atom. The number of halogens is 1. The Kier molecular flexibility index (Phi) is 4.06. The summed E-state index contributed by atoms with van der Waals surface area (Å²) in [5, 5.41) is 4.13. The number of aryl methyl sites for hydroxylation is 2. The predicted molar refractivity (Wildman–Crippen MR) is 79.4 cm³/mol. The summed E-state index contributed by atoms with van der Waals surface area (Å²) in [4.78, 5) is 2.45. The second kappa shape index (κ2) is 5.98. The van der Waals surface area contributed by atoms with Crippen LogP contribution in [-0.2, 0) is 13.0 Å². The molecule has 2 aromatic rings. The van der Waals surface area contributed by atoms with Gasteiger partial charge in [-0.3, -0.25) is 4.90 Å². The molecule has 0 bridgehead atoms. The second-order valence-electron chi connectivity index (χ2n) is 5.71. The second-order valence-corrected chi connectivity index (χ2v) is 5.71. The first kappa shape index (κ1) is 14.3. The quantitative estimate of drug-likeness (QED) is 0.851. The first-order chi connectivity index (χ1) is 10.2. The highest BCUT2D eigenvalue weighted by Crippen LogP contribution is 2.36. The summed E-state index contributed by atoms with van der Waals surface area (Å²) >= 11 is 0. The van der Waals surface area contributed by atoms with Crippen LogP contribution in [0, 0.1) is 12.7 Å². The van der Waals surface area contributed by atoms with E-state index in [0.717, 1.165) is 42.9 Å². The van der Waals surface area contributed by atoms with Crippen molar-refractivity contribution < 1.29 is 8.91 Å². The van der Waals surface area contributed by atoms with Gasteiger partial charge in [0, 0.05) is 24.6 Å². The Labute approximate surface area is 124 Å². The van der Waals surface area contributed by atoms with Crippen LogP contribution in [0.15, 0.2) is 28.8 Å². The summed E-state index contributed by atoms with van der Waals surface area (Å²) in [6, 6.07) is 7.17. The highest BCUT2D eigenvalue weighted by Gasteiger charge is 2.31. The summed E-state index contributed by atoms with van der Waals surface area (Å²) in [5.41, 5.74) is 3.41. The van der Waals surface area contributed by atoms with Crippen LogP contribution >= 0.6 is 0 Å². The van der Waals surface area contributed by atoms with E-state index in [4.69, 9.17) is 4.52 Å². The summed E-state index contributed by atoms with van der Waals surface area (Å²) in [6.07, 6.45) is 3.19. The highest BCUT2D eigenvalue weighted by molar-refractivity contribution is 5.27. The van der Waals surface area contributed by atoms with Crippen LogP contribution in [0.25, 0.3) is 0 Å². The van der Waals surface area contributed by atoms with E-state index < -0.39 is 0 Å². The average molecular weight is 288 g/mol. The van der Waals surface area contributed by atoms with Gasteiger partial charge in [-0.25, -0.2) is 4.39 Å². The molecule has 1 saturated heterocycles. The molecule has 1 fully saturated rings. The van der Waals surface area contributed by atoms with Crippen molar-refractivity contribution in [2.45, 2.75) is 45.7 Å². The first-order valence-electron chi connectivity index (χ1n) is 7.62. The third kappa shape index (κ3) is 2.86. The summed E-state index contributed by atoms with van der Waals surface area (Å²) < 4.78 is 18.5. The summed E-state index contributed by atoms with van der Waals surface area (Å²) in [7, 11) is 0. The van der Waals surface area contributed by atoms with Crippen molar-refractivity contribution in [1.29, 1.82) is 0 Å². The smallest absolute Gasteiger partial charge is 0.141 e. The van der Waals surface area contributed by atoms with Crippen molar-refractivity contribution >= 4 is 0 Å². The third-order valence-electron chi connectivity index (χ3n) is 4.30. The zero-order chi connectivity index (χ0) is 14.8. The number of benzene rings is 1. The fraction of sp³-hybridized carbons (Fsp3) is 0.471. The van der Waals surface area contributed by atoms with Gasteiger partial charge in [0.05, 0.1) is 5.69 Å². The van der Waals surface area contributed by atoms with Crippen LogP contribution in [0.3, 0.4) is 0 Å². The van der Waals surface area contributed by atoms with Crippen molar-refractivity contribution in [2.75, 3.05) is 6.54 Å². The van der Waals surface area contributed by atoms with Gasteiger partial charge in [0.15, 0.2) is 0 Å². The maximum Gasteiger partial charge on any atom is 0.141 e. The lowest BCUT2D eigenvalue weighted by Crippen LogP contribution is -2.23. The topological polar surface area (TPSA) is 29.3 Å². The fourth-order valence-electron chi connectivity index (χ4n) is 3.27. The number of likely N-dealkylation sites (tertiary alicyclic amines) is 1. The van der Waals surface area contributed by atoms with Crippen molar-refractivity contribution in [2.24, 2.45) is 0 Å². The lowest BCUT2D eigenvalue weighted by atomic mass is 10.0. The van der Waals surface area contributed by atoms with Gasteiger partial charge in [0.2, 0.25) is 0 Å².